The van der Waals surface area contributed by atoms with Crippen LogP contribution in [0.5, 0.6) is 5.75 Å². The number of phenolic OH excluding ortho intramolecular Hbond substituents is 1. The summed E-state index contributed by atoms with van der Waals surface area (Å²) in [5.74, 6) is 1.83. The van der Waals surface area contributed by atoms with Crippen LogP contribution < -0.4 is 5.63 Å². The number of hydrogen-bond donors (Lipinski definition) is 1. The fourth-order valence-electron chi connectivity index (χ4n) is 4.59. The average molecular weight is 342 g/mol. The minimum atomic E-state index is -0.514. The zero-order valence-corrected chi connectivity index (χ0v) is 14.3. The number of ether oxygens (including phenoxy) is 1. The Bertz CT molecular complexity index is 882. The number of phenols is 1. The number of aromatic hydroxyl groups is 1. The van der Waals surface area contributed by atoms with Gasteiger partial charge >= 0.3 is 11.6 Å². The van der Waals surface area contributed by atoms with Gasteiger partial charge in [-0.1, -0.05) is 6.42 Å². The lowest BCUT2D eigenvalue weighted by Gasteiger charge is -2.20. The Morgan fingerprint density at radius 2 is 2.16 bits per heavy atom. The molecule has 25 heavy (non-hydrogen) atoms. The van der Waals surface area contributed by atoms with Crippen molar-refractivity contribution in [3.05, 3.63) is 39.7 Å². The van der Waals surface area contributed by atoms with Crippen molar-refractivity contribution in [1.29, 1.82) is 0 Å². The number of carbonyl (C=O) groups excluding carboxylic acids is 1. The van der Waals surface area contributed by atoms with E-state index in [9.17, 15) is 14.7 Å². The topological polar surface area (TPSA) is 76.7 Å². The minimum absolute atomic E-state index is 0.0476. The maximum Gasteiger partial charge on any atom is 0.336 e. The SMILES string of the molecule is Cc1c(O)ccc2c(COC(=O)C[C@@H]3C[C@@H]4CC[C@@H]3C4)cc(=O)oc12. The highest BCUT2D eigenvalue weighted by Gasteiger charge is 2.40. The molecule has 0 amide bonds. The molecule has 0 aliphatic heterocycles. The first-order valence-electron chi connectivity index (χ1n) is 8.92. The van der Waals surface area contributed by atoms with Crippen LogP contribution in [0.3, 0.4) is 0 Å². The predicted octanol–water partition coefficient (Wildman–Crippen LogP) is 3.68. The minimum Gasteiger partial charge on any atom is -0.508 e. The van der Waals surface area contributed by atoms with Gasteiger partial charge < -0.3 is 14.3 Å². The summed E-state index contributed by atoms with van der Waals surface area (Å²) in [5.41, 5.74) is 0.937. The Morgan fingerprint density at radius 1 is 1.32 bits per heavy atom. The third-order valence-corrected chi connectivity index (χ3v) is 5.92. The molecule has 1 aromatic carbocycles. The smallest absolute Gasteiger partial charge is 0.336 e. The maximum atomic E-state index is 12.2. The summed E-state index contributed by atoms with van der Waals surface area (Å²) in [7, 11) is 0. The first-order chi connectivity index (χ1) is 12.0. The second kappa shape index (κ2) is 6.21. The van der Waals surface area contributed by atoms with Gasteiger partial charge in [0.05, 0.1) is 0 Å². The second-order valence-electron chi connectivity index (χ2n) is 7.48. The van der Waals surface area contributed by atoms with Crippen molar-refractivity contribution in [3.63, 3.8) is 0 Å². The van der Waals surface area contributed by atoms with Gasteiger partial charge in [-0.25, -0.2) is 4.79 Å². The fourth-order valence-corrected chi connectivity index (χ4v) is 4.59. The molecule has 0 radical (unpaired) electrons. The third-order valence-electron chi connectivity index (χ3n) is 5.92. The molecule has 4 rings (SSSR count). The van der Waals surface area contributed by atoms with Crippen LogP contribution in [0.25, 0.3) is 11.0 Å². The molecule has 0 saturated heterocycles. The van der Waals surface area contributed by atoms with Crippen LogP contribution in [-0.4, -0.2) is 11.1 Å². The van der Waals surface area contributed by atoms with Gasteiger partial charge in [-0.2, -0.15) is 0 Å². The molecule has 1 N–H and O–H groups in total. The van der Waals surface area contributed by atoms with Crippen molar-refractivity contribution >= 4 is 16.9 Å². The monoisotopic (exact) mass is 342 g/mol. The molecule has 2 saturated carbocycles. The predicted molar refractivity (Wildman–Crippen MR) is 92.2 cm³/mol. The molecule has 1 aromatic heterocycles. The Kier molecular flexibility index (Phi) is 4.02. The number of rotatable bonds is 4. The Hall–Kier alpha value is -2.30. The Morgan fingerprint density at radius 3 is 2.88 bits per heavy atom. The summed E-state index contributed by atoms with van der Waals surface area (Å²) in [4.78, 5) is 24.0. The first-order valence-corrected chi connectivity index (χ1v) is 8.92. The van der Waals surface area contributed by atoms with E-state index in [1.54, 1.807) is 19.1 Å². The van der Waals surface area contributed by atoms with Gasteiger partial charge in [0.1, 0.15) is 17.9 Å². The van der Waals surface area contributed by atoms with Gasteiger partial charge in [-0.05, 0) is 56.1 Å². The van der Waals surface area contributed by atoms with E-state index in [0.29, 0.717) is 40.4 Å². The van der Waals surface area contributed by atoms with E-state index in [-0.39, 0.29) is 18.3 Å². The molecule has 3 atom stereocenters. The Labute approximate surface area is 145 Å². The van der Waals surface area contributed by atoms with Crippen molar-refractivity contribution < 1.29 is 19.1 Å². The molecule has 2 aliphatic carbocycles. The third kappa shape index (κ3) is 3.03. The van der Waals surface area contributed by atoms with Gasteiger partial charge in [-0.15, -0.1) is 0 Å². The van der Waals surface area contributed by atoms with E-state index in [4.69, 9.17) is 9.15 Å². The van der Waals surface area contributed by atoms with E-state index >= 15 is 0 Å². The fraction of sp³-hybridized carbons (Fsp3) is 0.500. The summed E-state index contributed by atoms with van der Waals surface area (Å²) in [6, 6.07) is 4.58. The molecule has 1 heterocycles. The van der Waals surface area contributed by atoms with Crippen LogP contribution in [0.4, 0.5) is 0 Å². The molecule has 5 heteroatoms. The molecule has 2 fully saturated rings. The normalized spacial score (nSPS) is 24.8. The quantitative estimate of drug-likeness (QED) is 0.677. The van der Waals surface area contributed by atoms with Crippen molar-refractivity contribution in [2.75, 3.05) is 0 Å². The molecular formula is C20H22O5. The highest BCUT2D eigenvalue weighted by molar-refractivity contribution is 5.85. The zero-order chi connectivity index (χ0) is 17.6. The molecule has 2 aromatic rings. The van der Waals surface area contributed by atoms with Gasteiger partial charge in [-0.3, -0.25) is 4.79 Å². The van der Waals surface area contributed by atoms with E-state index in [1.807, 2.05) is 0 Å². The van der Waals surface area contributed by atoms with Crippen LogP contribution in [0.1, 0.15) is 43.2 Å². The molecule has 5 nitrogen and oxygen atoms in total. The van der Waals surface area contributed by atoms with Crippen LogP contribution in [0.15, 0.2) is 27.4 Å². The lowest BCUT2D eigenvalue weighted by atomic mass is 9.86. The molecule has 132 valence electrons. The number of aryl methyl sites for hydroxylation is 1. The highest BCUT2D eigenvalue weighted by Crippen LogP contribution is 2.49. The summed E-state index contributed by atoms with van der Waals surface area (Å²) in [5, 5.41) is 10.5. The van der Waals surface area contributed by atoms with E-state index in [1.165, 1.54) is 25.3 Å². The van der Waals surface area contributed by atoms with Crippen molar-refractivity contribution in [2.45, 2.75) is 45.6 Å². The first kappa shape index (κ1) is 16.2. The van der Waals surface area contributed by atoms with Gasteiger partial charge in [0.15, 0.2) is 0 Å². The molecule has 2 bridgehead atoms. The van der Waals surface area contributed by atoms with Crippen molar-refractivity contribution in [2.24, 2.45) is 17.8 Å². The summed E-state index contributed by atoms with van der Waals surface area (Å²) >= 11 is 0. The zero-order valence-electron chi connectivity index (χ0n) is 14.3. The summed E-state index contributed by atoms with van der Waals surface area (Å²) < 4.78 is 10.7. The number of carbonyl (C=O) groups is 1. The summed E-state index contributed by atoms with van der Waals surface area (Å²) in [6.07, 6.45) is 5.45. The summed E-state index contributed by atoms with van der Waals surface area (Å²) in [6.45, 7) is 1.73. The van der Waals surface area contributed by atoms with Crippen LogP contribution >= 0.6 is 0 Å². The van der Waals surface area contributed by atoms with E-state index in [0.717, 1.165) is 12.3 Å². The second-order valence-corrected chi connectivity index (χ2v) is 7.48. The van der Waals surface area contributed by atoms with E-state index in [2.05, 4.69) is 0 Å². The van der Waals surface area contributed by atoms with Gasteiger partial charge in [0, 0.05) is 29.0 Å². The molecule has 0 unspecified atom stereocenters. The van der Waals surface area contributed by atoms with Crippen LogP contribution in [-0.2, 0) is 16.1 Å². The van der Waals surface area contributed by atoms with Crippen LogP contribution in [0.2, 0.25) is 0 Å². The molecule has 0 spiro atoms. The highest BCUT2D eigenvalue weighted by atomic mass is 16.5. The standard InChI is InChI=1S/C20H22O5/c1-11-17(21)5-4-16-15(9-19(23)25-20(11)16)10-24-18(22)8-14-7-12-2-3-13(14)6-12/h4-5,9,12-14,21H,2-3,6-8,10H2,1H3/t12-,13-,14+/m1/s1. The van der Waals surface area contributed by atoms with Crippen LogP contribution in [0, 0.1) is 24.7 Å². The average Bonchev–Trinajstić information content (AvgIpc) is 3.19. The number of hydrogen-bond acceptors (Lipinski definition) is 5. The molecule has 2 aliphatic rings. The lowest BCUT2D eigenvalue weighted by molar-refractivity contribution is -0.146. The lowest BCUT2D eigenvalue weighted by Crippen LogP contribution is -2.17. The van der Waals surface area contributed by atoms with Crippen molar-refractivity contribution in [1.82, 2.24) is 0 Å². The largest absolute Gasteiger partial charge is 0.508 e. The number of esters is 1. The Balaban J connectivity index is 1.48. The van der Waals surface area contributed by atoms with Gasteiger partial charge in [0.25, 0.3) is 0 Å². The maximum absolute atomic E-state index is 12.2. The number of benzene rings is 1. The van der Waals surface area contributed by atoms with Crippen molar-refractivity contribution in [3.8, 4) is 5.75 Å². The number of fused-ring (bicyclic) bond motifs is 3. The van der Waals surface area contributed by atoms with Gasteiger partial charge in [0.2, 0.25) is 0 Å². The van der Waals surface area contributed by atoms with E-state index < -0.39 is 5.63 Å². The molecular weight excluding hydrogens is 320 g/mol.